The lowest BCUT2D eigenvalue weighted by molar-refractivity contribution is -0.163. The summed E-state index contributed by atoms with van der Waals surface area (Å²) in [6.45, 7) is 4.18. The zero-order valence-electron chi connectivity index (χ0n) is 10.8. The molecule has 2 aliphatic heterocycles. The summed E-state index contributed by atoms with van der Waals surface area (Å²) in [5.74, 6) is -0.188. The van der Waals surface area contributed by atoms with Crippen molar-refractivity contribution in [3.63, 3.8) is 0 Å². The predicted octanol–water partition coefficient (Wildman–Crippen LogP) is 0.966. The zero-order valence-corrected chi connectivity index (χ0v) is 10.8. The average molecular weight is 240 g/mol. The molecule has 2 atom stereocenters. The number of likely N-dealkylation sites (N-methyl/N-ethyl adjacent to an activating group) is 1. The van der Waals surface area contributed by atoms with Crippen LogP contribution in [0.2, 0.25) is 0 Å². The Balaban J connectivity index is 1.47. The summed E-state index contributed by atoms with van der Waals surface area (Å²) in [7, 11) is 2.05. The molecule has 2 saturated heterocycles. The number of likely N-dealkylation sites (tertiary alicyclic amines) is 1. The molecule has 3 fully saturated rings. The molecule has 0 radical (unpaired) electrons. The van der Waals surface area contributed by atoms with Gasteiger partial charge in [0.25, 0.3) is 0 Å². The second-order valence-electron chi connectivity index (χ2n) is 5.70. The normalized spacial score (nSPS) is 37.2. The van der Waals surface area contributed by atoms with E-state index in [-0.39, 0.29) is 5.79 Å². The molecular weight excluding hydrogens is 216 g/mol. The summed E-state index contributed by atoms with van der Waals surface area (Å²) in [6, 6.07) is 0.665. The van der Waals surface area contributed by atoms with Crippen LogP contribution in [0.1, 0.15) is 32.1 Å². The standard InChI is InChI=1S/C13H24N2O2/c1-14-11-4-7-15(8-11)9-12-10-16-13(17-12)5-2-3-6-13/h11-12,14H,2-10H2,1H3. The van der Waals surface area contributed by atoms with Gasteiger partial charge >= 0.3 is 0 Å². The van der Waals surface area contributed by atoms with Crippen LogP contribution in [0.25, 0.3) is 0 Å². The fourth-order valence-corrected chi connectivity index (χ4v) is 3.40. The van der Waals surface area contributed by atoms with Crippen LogP contribution in [0.3, 0.4) is 0 Å². The van der Waals surface area contributed by atoms with E-state index in [9.17, 15) is 0 Å². The number of hydrogen-bond acceptors (Lipinski definition) is 4. The van der Waals surface area contributed by atoms with E-state index in [0.717, 1.165) is 32.5 Å². The summed E-state index contributed by atoms with van der Waals surface area (Å²) in [5.41, 5.74) is 0. The highest BCUT2D eigenvalue weighted by Crippen LogP contribution is 2.39. The van der Waals surface area contributed by atoms with Gasteiger partial charge in [0, 0.05) is 32.0 Å². The molecule has 4 heteroatoms. The van der Waals surface area contributed by atoms with E-state index in [1.807, 2.05) is 0 Å². The van der Waals surface area contributed by atoms with E-state index in [1.165, 1.54) is 25.8 Å². The predicted molar refractivity (Wildman–Crippen MR) is 65.9 cm³/mol. The van der Waals surface area contributed by atoms with Gasteiger partial charge in [-0.1, -0.05) is 0 Å². The maximum Gasteiger partial charge on any atom is 0.168 e. The summed E-state index contributed by atoms with van der Waals surface area (Å²) >= 11 is 0. The molecule has 2 unspecified atom stereocenters. The van der Waals surface area contributed by atoms with Crippen molar-refractivity contribution >= 4 is 0 Å². The third kappa shape index (κ3) is 2.50. The fraction of sp³-hybridized carbons (Fsp3) is 1.00. The van der Waals surface area contributed by atoms with Gasteiger partial charge in [0.05, 0.1) is 12.7 Å². The highest BCUT2D eigenvalue weighted by atomic mass is 16.7. The van der Waals surface area contributed by atoms with E-state index >= 15 is 0 Å². The minimum Gasteiger partial charge on any atom is -0.347 e. The van der Waals surface area contributed by atoms with Crippen LogP contribution in [0, 0.1) is 0 Å². The van der Waals surface area contributed by atoms with Gasteiger partial charge in [0.1, 0.15) is 0 Å². The molecule has 2 heterocycles. The van der Waals surface area contributed by atoms with Crippen LogP contribution < -0.4 is 5.32 Å². The molecule has 0 bridgehead atoms. The van der Waals surface area contributed by atoms with Crippen LogP contribution in [0.5, 0.6) is 0 Å². The summed E-state index contributed by atoms with van der Waals surface area (Å²) in [5, 5.41) is 3.35. The van der Waals surface area contributed by atoms with Crippen molar-refractivity contribution in [3.05, 3.63) is 0 Å². The lowest BCUT2D eigenvalue weighted by Crippen LogP contribution is -2.36. The highest BCUT2D eigenvalue weighted by Gasteiger charge is 2.44. The Morgan fingerprint density at radius 1 is 1.35 bits per heavy atom. The van der Waals surface area contributed by atoms with Crippen molar-refractivity contribution in [2.24, 2.45) is 0 Å². The molecule has 1 aliphatic carbocycles. The van der Waals surface area contributed by atoms with Crippen LogP contribution in [-0.2, 0) is 9.47 Å². The molecule has 3 rings (SSSR count). The quantitative estimate of drug-likeness (QED) is 0.797. The van der Waals surface area contributed by atoms with Gasteiger partial charge in [-0.25, -0.2) is 0 Å². The van der Waals surface area contributed by atoms with E-state index in [1.54, 1.807) is 0 Å². The minimum absolute atomic E-state index is 0.188. The van der Waals surface area contributed by atoms with Crippen molar-refractivity contribution in [2.75, 3.05) is 33.3 Å². The van der Waals surface area contributed by atoms with Gasteiger partial charge in [-0.2, -0.15) is 0 Å². The number of rotatable bonds is 3. The first kappa shape index (κ1) is 11.9. The van der Waals surface area contributed by atoms with Gasteiger partial charge in [-0.05, 0) is 32.9 Å². The smallest absolute Gasteiger partial charge is 0.168 e. The Labute approximate surface area is 104 Å². The summed E-state index contributed by atoms with van der Waals surface area (Å²) in [4.78, 5) is 2.50. The van der Waals surface area contributed by atoms with Crippen molar-refractivity contribution < 1.29 is 9.47 Å². The van der Waals surface area contributed by atoms with Crippen molar-refractivity contribution in [1.82, 2.24) is 10.2 Å². The molecule has 1 saturated carbocycles. The molecule has 4 nitrogen and oxygen atoms in total. The van der Waals surface area contributed by atoms with Crippen LogP contribution in [0.4, 0.5) is 0 Å². The largest absolute Gasteiger partial charge is 0.347 e. The number of ether oxygens (including phenoxy) is 2. The Morgan fingerprint density at radius 2 is 2.18 bits per heavy atom. The third-order valence-corrected chi connectivity index (χ3v) is 4.42. The molecule has 1 spiro atoms. The van der Waals surface area contributed by atoms with Gasteiger partial charge in [0.15, 0.2) is 5.79 Å². The SMILES string of the molecule is CNC1CCN(CC2COC3(CCCC3)O2)C1. The van der Waals surface area contributed by atoms with Crippen LogP contribution in [0.15, 0.2) is 0 Å². The van der Waals surface area contributed by atoms with Gasteiger partial charge < -0.3 is 14.8 Å². The number of nitrogens with zero attached hydrogens (tertiary/aromatic N) is 1. The molecule has 98 valence electrons. The molecule has 1 N–H and O–H groups in total. The third-order valence-electron chi connectivity index (χ3n) is 4.42. The topological polar surface area (TPSA) is 33.7 Å². The maximum atomic E-state index is 6.16. The second-order valence-corrected chi connectivity index (χ2v) is 5.70. The van der Waals surface area contributed by atoms with E-state index in [4.69, 9.17) is 9.47 Å². The Morgan fingerprint density at radius 3 is 2.88 bits per heavy atom. The van der Waals surface area contributed by atoms with Crippen LogP contribution in [-0.4, -0.2) is 56.1 Å². The zero-order chi connectivity index (χ0) is 11.7. The van der Waals surface area contributed by atoms with Crippen LogP contribution >= 0.6 is 0 Å². The lowest BCUT2D eigenvalue weighted by Gasteiger charge is -2.24. The van der Waals surface area contributed by atoms with E-state index in [2.05, 4.69) is 17.3 Å². The van der Waals surface area contributed by atoms with E-state index in [0.29, 0.717) is 12.1 Å². The summed E-state index contributed by atoms with van der Waals surface area (Å²) in [6.07, 6.45) is 6.28. The second kappa shape index (κ2) is 4.84. The number of nitrogens with one attached hydrogen (secondary N) is 1. The molecule has 0 amide bonds. The Kier molecular flexibility index (Phi) is 3.39. The van der Waals surface area contributed by atoms with Gasteiger partial charge in [-0.3, -0.25) is 4.90 Å². The van der Waals surface area contributed by atoms with Crippen molar-refractivity contribution in [1.29, 1.82) is 0 Å². The molecule has 17 heavy (non-hydrogen) atoms. The highest BCUT2D eigenvalue weighted by molar-refractivity contribution is 4.87. The maximum absolute atomic E-state index is 6.16. The van der Waals surface area contributed by atoms with Gasteiger partial charge in [-0.15, -0.1) is 0 Å². The molecule has 0 aromatic rings. The molecule has 3 aliphatic rings. The molecular formula is C13H24N2O2. The first-order valence-corrected chi connectivity index (χ1v) is 7.01. The molecule has 0 aromatic carbocycles. The minimum atomic E-state index is -0.188. The van der Waals surface area contributed by atoms with Gasteiger partial charge in [0.2, 0.25) is 0 Å². The Bertz CT molecular complexity index is 266. The molecule has 0 aromatic heterocycles. The fourth-order valence-electron chi connectivity index (χ4n) is 3.40. The monoisotopic (exact) mass is 240 g/mol. The van der Waals surface area contributed by atoms with Crippen molar-refractivity contribution in [2.45, 2.75) is 50.0 Å². The lowest BCUT2D eigenvalue weighted by atomic mass is 10.2. The van der Waals surface area contributed by atoms with E-state index < -0.39 is 0 Å². The Hall–Kier alpha value is -0.160. The average Bonchev–Trinajstić information content (AvgIpc) is 3.03. The number of hydrogen-bond donors (Lipinski definition) is 1. The summed E-state index contributed by atoms with van der Waals surface area (Å²) < 4.78 is 12.1. The first-order valence-electron chi connectivity index (χ1n) is 7.01. The van der Waals surface area contributed by atoms with Crippen molar-refractivity contribution in [3.8, 4) is 0 Å². The first-order chi connectivity index (χ1) is 8.30.